The summed E-state index contributed by atoms with van der Waals surface area (Å²) in [5.74, 6) is 1.72. The van der Waals surface area contributed by atoms with Crippen molar-refractivity contribution in [2.45, 2.75) is 24.6 Å². The minimum absolute atomic E-state index is 0.134. The van der Waals surface area contributed by atoms with Crippen LogP contribution in [-0.2, 0) is 0 Å². The predicted molar refractivity (Wildman–Crippen MR) is 71.0 cm³/mol. The van der Waals surface area contributed by atoms with E-state index in [4.69, 9.17) is 21.1 Å². The normalized spacial score (nSPS) is 19.7. The van der Waals surface area contributed by atoms with Crippen molar-refractivity contribution in [1.82, 2.24) is 0 Å². The summed E-state index contributed by atoms with van der Waals surface area (Å²) in [5.41, 5.74) is 2.35. The summed E-state index contributed by atoms with van der Waals surface area (Å²) in [5, 5.41) is 0.134. The number of hydrogen-bond acceptors (Lipinski definition) is 2. The third-order valence-corrected chi connectivity index (χ3v) is 3.40. The Labute approximate surface area is 107 Å². The Bertz CT molecular complexity index is 426. The fourth-order valence-corrected chi connectivity index (χ4v) is 2.47. The molecule has 0 saturated carbocycles. The summed E-state index contributed by atoms with van der Waals surface area (Å²) in [7, 11) is 3.36. The van der Waals surface area contributed by atoms with Gasteiger partial charge in [-0.25, -0.2) is 0 Å². The highest BCUT2D eigenvalue weighted by Gasteiger charge is 2.16. The minimum Gasteiger partial charge on any atom is -0.497 e. The first-order valence-corrected chi connectivity index (χ1v) is 6.25. The van der Waals surface area contributed by atoms with E-state index in [2.05, 4.69) is 6.08 Å². The van der Waals surface area contributed by atoms with Crippen LogP contribution in [0.1, 0.15) is 24.8 Å². The zero-order valence-corrected chi connectivity index (χ0v) is 11.0. The number of benzene rings is 1. The van der Waals surface area contributed by atoms with Crippen LogP contribution >= 0.6 is 11.6 Å². The van der Waals surface area contributed by atoms with Gasteiger partial charge in [-0.2, -0.15) is 0 Å². The number of rotatable bonds is 3. The molecule has 0 N–H and O–H groups in total. The van der Waals surface area contributed by atoms with E-state index in [1.54, 1.807) is 14.2 Å². The fourth-order valence-electron chi connectivity index (χ4n) is 2.16. The first kappa shape index (κ1) is 12.3. The lowest BCUT2D eigenvalue weighted by Gasteiger charge is -2.19. The highest BCUT2D eigenvalue weighted by Crippen LogP contribution is 2.36. The van der Waals surface area contributed by atoms with Gasteiger partial charge < -0.3 is 9.47 Å². The molecule has 0 aromatic heterocycles. The van der Waals surface area contributed by atoms with Crippen molar-refractivity contribution in [3.8, 4) is 11.5 Å². The maximum Gasteiger partial charge on any atom is 0.126 e. The number of ether oxygens (including phenoxy) is 2. The lowest BCUT2D eigenvalue weighted by molar-refractivity contribution is 0.402. The number of alkyl halides is 1. The molecule has 3 heteroatoms. The maximum absolute atomic E-state index is 6.18. The van der Waals surface area contributed by atoms with Crippen molar-refractivity contribution in [3.63, 3.8) is 0 Å². The number of allylic oxidation sites excluding steroid dienone is 2. The van der Waals surface area contributed by atoms with E-state index in [9.17, 15) is 0 Å². The molecule has 0 heterocycles. The molecule has 1 aromatic rings. The molecular weight excluding hydrogens is 236 g/mol. The number of halogens is 1. The highest BCUT2D eigenvalue weighted by atomic mass is 35.5. The molecule has 1 aliphatic carbocycles. The predicted octanol–water partition coefficient (Wildman–Crippen LogP) is 3.88. The van der Waals surface area contributed by atoms with Crippen LogP contribution in [0.3, 0.4) is 0 Å². The van der Waals surface area contributed by atoms with E-state index in [0.717, 1.165) is 36.3 Å². The molecule has 92 valence electrons. The van der Waals surface area contributed by atoms with E-state index in [0.29, 0.717) is 0 Å². The van der Waals surface area contributed by atoms with E-state index in [1.807, 2.05) is 18.2 Å². The van der Waals surface area contributed by atoms with Gasteiger partial charge in [0.15, 0.2) is 0 Å². The van der Waals surface area contributed by atoms with Gasteiger partial charge >= 0.3 is 0 Å². The number of methoxy groups -OCH3 is 2. The SMILES string of the molecule is COc1ccc(OC)c(C2=CC(Cl)CCC2)c1. The van der Waals surface area contributed by atoms with Gasteiger partial charge in [-0.15, -0.1) is 11.6 Å². The van der Waals surface area contributed by atoms with Crippen molar-refractivity contribution in [3.05, 3.63) is 29.8 Å². The second-order valence-corrected chi connectivity index (χ2v) is 4.73. The van der Waals surface area contributed by atoms with Crippen LogP contribution in [0.2, 0.25) is 0 Å². The van der Waals surface area contributed by atoms with Crippen LogP contribution in [-0.4, -0.2) is 19.6 Å². The van der Waals surface area contributed by atoms with E-state index < -0.39 is 0 Å². The molecule has 0 amide bonds. The first-order valence-electron chi connectivity index (χ1n) is 5.81. The molecule has 0 fully saturated rings. The smallest absolute Gasteiger partial charge is 0.126 e. The average molecular weight is 253 g/mol. The molecule has 1 unspecified atom stereocenters. The summed E-state index contributed by atoms with van der Waals surface area (Å²) in [6.07, 6.45) is 5.35. The molecule has 0 bridgehead atoms. The molecule has 0 saturated heterocycles. The zero-order valence-electron chi connectivity index (χ0n) is 10.2. The molecule has 1 atom stereocenters. The molecule has 1 aromatic carbocycles. The second kappa shape index (κ2) is 5.46. The van der Waals surface area contributed by atoms with E-state index >= 15 is 0 Å². The summed E-state index contributed by atoms with van der Waals surface area (Å²) in [4.78, 5) is 0. The van der Waals surface area contributed by atoms with E-state index in [1.165, 1.54) is 5.57 Å². The van der Waals surface area contributed by atoms with Gasteiger partial charge in [0.25, 0.3) is 0 Å². The summed E-state index contributed by atoms with van der Waals surface area (Å²) < 4.78 is 10.7. The largest absolute Gasteiger partial charge is 0.497 e. The first-order chi connectivity index (χ1) is 8.24. The molecule has 17 heavy (non-hydrogen) atoms. The Morgan fingerprint density at radius 3 is 2.71 bits per heavy atom. The van der Waals surface area contributed by atoms with Crippen LogP contribution in [0.4, 0.5) is 0 Å². The van der Waals surface area contributed by atoms with Crippen LogP contribution in [0.25, 0.3) is 5.57 Å². The van der Waals surface area contributed by atoms with Gasteiger partial charge in [0, 0.05) is 5.56 Å². The Balaban J connectivity index is 2.41. The Hall–Kier alpha value is -1.15. The molecule has 0 aliphatic heterocycles. The molecular formula is C14H17ClO2. The molecule has 2 nitrogen and oxygen atoms in total. The van der Waals surface area contributed by atoms with Crippen molar-refractivity contribution in [2.75, 3.05) is 14.2 Å². The third kappa shape index (κ3) is 2.75. The van der Waals surface area contributed by atoms with Crippen LogP contribution in [0, 0.1) is 0 Å². The van der Waals surface area contributed by atoms with Gasteiger partial charge in [0.2, 0.25) is 0 Å². The van der Waals surface area contributed by atoms with Gasteiger partial charge in [0.1, 0.15) is 11.5 Å². The zero-order chi connectivity index (χ0) is 12.3. The summed E-state index contributed by atoms with van der Waals surface area (Å²) >= 11 is 6.18. The molecule has 1 aliphatic rings. The monoisotopic (exact) mass is 252 g/mol. The van der Waals surface area contributed by atoms with Gasteiger partial charge in [0.05, 0.1) is 19.6 Å². The van der Waals surface area contributed by atoms with Gasteiger partial charge in [-0.3, -0.25) is 0 Å². The lowest BCUT2D eigenvalue weighted by atomic mass is 9.93. The Kier molecular flexibility index (Phi) is 3.95. The van der Waals surface area contributed by atoms with Crippen LogP contribution in [0.5, 0.6) is 11.5 Å². The Morgan fingerprint density at radius 1 is 1.24 bits per heavy atom. The molecule has 2 rings (SSSR count). The molecule has 0 radical (unpaired) electrons. The average Bonchev–Trinajstić information content (AvgIpc) is 2.38. The summed E-state index contributed by atoms with van der Waals surface area (Å²) in [6, 6.07) is 5.86. The van der Waals surface area contributed by atoms with E-state index in [-0.39, 0.29) is 5.38 Å². The van der Waals surface area contributed by atoms with Crippen molar-refractivity contribution >= 4 is 17.2 Å². The van der Waals surface area contributed by atoms with Crippen molar-refractivity contribution in [1.29, 1.82) is 0 Å². The third-order valence-electron chi connectivity index (χ3n) is 3.06. The highest BCUT2D eigenvalue weighted by molar-refractivity contribution is 6.22. The van der Waals surface area contributed by atoms with Crippen molar-refractivity contribution in [2.24, 2.45) is 0 Å². The van der Waals surface area contributed by atoms with Crippen molar-refractivity contribution < 1.29 is 9.47 Å². The molecule has 0 spiro atoms. The quantitative estimate of drug-likeness (QED) is 0.760. The number of hydrogen-bond donors (Lipinski definition) is 0. The van der Waals surface area contributed by atoms with Crippen LogP contribution < -0.4 is 9.47 Å². The second-order valence-electron chi connectivity index (χ2n) is 4.17. The topological polar surface area (TPSA) is 18.5 Å². The lowest BCUT2D eigenvalue weighted by Crippen LogP contribution is -2.04. The Morgan fingerprint density at radius 2 is 2.06 bits per heavy atom. The fraction of sp³-hybridized carbons (Fsp3) is 0.429. The van der Waals surface area contributed by atoms with Crippen LogP contribution in [0.15, 0.2) is 24.3 Å². The standard InChI is InChI=1S/C14H17ClO2/c1-16-12-6-7-14(17-2)13(9-12)10-4-3-5-11(15)8-10/h6-9,11H,3-5H2,1-2H3. The van der Waals surface area contributed by atoms with Gasteiger partial charge in [-0.05, 0) is 43.0 Å². The maximum atomic E-state index is 6.18. The van der Waals surface area contributed by atoms with Gasteiger partial charge in [-0.1, -0.05) is 6.08 Å². The minimum atomic E-state index is 0.134. The summed E-state index contributed by atoms with van der Waals surface area (Å²) in [6.45, 7) is 0.